The van der Waals surface area contributed by atoms with Crippen LogP contribution in [0.1, 0.15) is 45.8 Å². The van der Waals surface area contributed by atoms with E-state index in [4.69, 9.17) is 17.1 Å². The van der Waals surface area contributed by atoms with E-state index in [1.165, 1.54) is 12.4 Å². The smallest absolute Gasteiger partial charge is 0.278 e. The first-order valence-corrected chi connectivity index (χ1v) is 8.72. The lowest BCUT2D eigenvalue weighted by molar-refractivity contribution is -0.385. The van der Waals surface area contributed by atoms with Crippen molar-refractivity contribution in [3.8, 4) is 18.0 Å². The fourth-order valence-corrected chi connectivity index (χ4v) is 3.54. The molecule has 8 heteroatoms. The van der Waals surface area contributed by atoms with E-state index in [2.05, 4.69) is 10.9 Å². The van der Waals surface area contributed by atoms with Gasteiger partial charge in [-0.3, -0.25) is 24.5 Å². The Balaban J connectivity index is 2.09. The van der Waals surface area contributed by atoms with Gasteiger partial charge in [0.05, 0.1) is 33.6 Å². The van der Waals surface area contributed by atoms with Crippen molar-refractivity contribution in [1.82, 2.24) is 9.55 Å². The molecular formula is C21H15N5O3. The number of rotatable bonds is 3. The molecule has 0 spiro atoms. The van der Waals surface area contributed by atoms with Crippen LogP contribution in [-0.4, -0.2) is 26.1 Å². The SMILES string of the molecule is C#Cc1ccc2c(c1)C(c1ccccc1[N+](=O)[O-])=NC(C)c1c(C(N)=O)ncn1-2. The zero-order chi connectivity index (χ0) is 20.7. The molecule has 3 aromatic rings. The van der Waals surface area contributed by atoms with E-state index in [-0.39, 0.29) is 11.4 Å². The predicted molar refractivity (Wildman–Crippen MR) is 107 cm³/mol. The maximum Gasteiger partial charge on any atom is 0.278 e. The summed E-state index contributed by atoms with van der Waals surface area (Å²) in [5.74, 6) is 1.91. The van der Waals surface area contributed by atoms with Crippen LogP contribution < -0.4 is 5.73 Å². The average Bonchev–Trinajstić information content (AvgIpc) is 3.12. The number of fused-ring (bicyclic) bond motifs is 3. The van der Waals surface area contributed by atoms with E-state index < -0.39 is 16.9 Å². The number of primary amides is 1. The molecule has 1 aromatic heterocycles. The number of imidazole rings is 1. The lowest BCUT2D eigenvalue weighted by Gasteiger charge is -2.12. The topological polar surface area (TPSA) is 116 Å². The maximum absolute atomic E-state index is 11.9. The third kappa shape index (κ3) is 2.85. The zero-order valence-electron chi connectivity index (χ0n) is 15.4. The number of terminal acetylenes is 1. The van der Waals surface area contributed by atoms with Crippen molar-refractivity contribution in [2.75, 3.05) is 0 Å². The Hall–Kier alpha value is -4.25. The van der Waals surface area contributed by atoms with Crippen LogP contribution >= 0.6 is 0 Å². The van der Waals surface area contributed by atoms with Crippen molar-refractivity contribution in [3.05, 3.63) is 87.0 Å². The Labute approximate surface area is 165 Å². The van der Waals surface area contributed by atoms with Gasteiger partial charge in [-0.15, -0.1) is 6.42 Å². The molecule has 0 fully saturated rings. The molecule has 8 nitrogen and oxygen atoms in total. The van der Waals surface area contributed by atoms with Crippen molar-refractivity contribution < 1.29 is 9.72 Å². The number of nitrogens with zero attached hydrogens (tertiary/aromatic N) is 4. The largest absolute Gasteiger partial charge is 0.364 e. The van der Waals surface area contributed by atoms with Crippen LogP contribution in [0.15, 0.2) is 53.8 Å². The number of nitro benzene ring substituents is 1. The molecule has 0 bridgehead atoms. The first kappa shape index (κ1) is 18.1. The Bertz CT molecular complexity index is 1250. The van der Waals surface area contributed by atoms with Gasteiger partial charge < -0.3 is 5.73 Å². The van der Waals surface area contributed by atoms with Gasteiger partial charge in [0.2, 0.25) is 0 Å². The molecule has 0 saturated carbocycles. The van der Waals surface area contributed by atoms with Gasteiger partial charge in [-0.25, -0.2) is 4.98 Å². The highest BCUT2D eigenvalue weighted by atomic mass is 16.6. The minimum atomic E-state index is -0.670. The molecule has 1 aliphatic rings. The van der Waals surface area contributed by atoms with Gasteiger partial charge in [-0.2, -0.15) is 0 Å². The number of amides is 1. The number of hydrogen-bond donors (Lipinski definition) is 1. The second kappa shape index (κ2) is 6.73. The second-order valence-electron chi connectivity index (χ2n) is 6.52. The Kier molecular flexibility index (Phi) is 4.20. The molecule has 4 rings (SSSR count). The highest BCUT2D eigenvalue weighted by molar-refractivity contribution is 6.17. The lowest BCUT2D eigenvalue weighted by Crippen LogP contribution is -2.15. The van der Waals surface area contributed by atoms with Gasteiger partial charge in [0.25, 0.3) is 11.6 Å². The molecule has 1 aliphatic heterocycles. The molecule has 29 heavy (non-hydrogen) atoms. The summed E-state index contributed by atoms with van der Waals surface area (Å²) in [6.45, 7) is 1.78. The summed E-state index contributed by atoms with van der Waals surface area (Å²) in [7, 11) is 0. The first-order chi connectivity index (χ1) is 13.9. The third-order valence-electron chi connectivity index (χ3n) is 4.79. The summed E-state index contributed by atoms with van der Waals surface area (Å²) >= 11 is 0. The Morgan fingerprint density at radius 2 is 2.03 bits per heavy atom. The van der Waals surface area contributed by atoms with Crippen LogP contribution in [0.3, 0.4) is 0 Å². The molecule has 0 aliphatic carbocycles. The number of hydrogen-bond acceptors (Lipinski definition) is 5. The number of carbonyl (C=O) groups excluding carboxylic acids is 1. The van der Waals surface area contributed by atoms with Gasteiger partial charge in [0.15, 0.2) is 5.69 Å². The summed E-state index contributed by atoms with van der Waals surface area (Å²) < 4.78 is 1.73. The van der Waals surface area contributed by atoms with Crippen LogP contribution in [0.2, 0.25) is 0 Å². The predicted octanol–water partition coefficient (Wildman–Crippen LogP) is 2.77. The van der Waals surface area contributed by atoms with E-state index in [0.717, 1.165) is 0 Å². The van der Waals surface area contributed by atoms with Crippen LogP contribution in [0.4, 0.5) is 5.69 Å². The number of benzene rings is 2. The number of aliphatic imine (C=N–C) groups is 1. The number of nitro groups is 1. The minimum absolute atomic E-state index is 0.0738. The van der Waals surface area contributed by atoms with Crippen LogP contribution in [0.5, 0.6) is 0 Å². The van der Waals surface area contributed by atoms with Crippen molar-refractivity contribution in [1.29, 1.82) is 0 Å². The molecule has 2 aromatic carbocycles. The summed E-state index contributed by atoms with van der Waals surface area (Å²) in [5.41, 5.74) is 8.67. The average molecular weight is 385 g/mol. The fraction of sp³-hybridized carbons (Fsp3) is 0.0952. The number of carbonyl (C=O) groups is 1. The maximum atomic E-state index is 11.9. The summed E-state index contributed by atoms with van der Waals surface area (Å²) in [4.78, 5) is 31.9. The van der Waals surface area contributed by atoms with Crippen molar-refractivity contribution >= 4 is 17.3 Å². The number of aromatic nitrogens is 2. The number of para-hydroxylation sites is 1. The molecule has 1 amide bonds. The van der Waals surface area contributed by atoms with Crippen LogP contribution in [-0.2, 0) is 0 Å². The van der Waals surface area contributed by atoms with E-state index >= 15 is 0 Å². The molecule has 2 N–H and O–H groups in total. The summed E-state index contributed by atoms with van der Waals surface area (Å²) in [5, 5.41) is 11.6. The van der Waals surface area contributed by atoms with Gasteiger partial charge in [0, 0.05) is 17.2 Å². The molecule has 0 radical (unpaired) electrons. The van der Waals surface area contributed by atoms with Crippen LogP contribution in [0, 0.1) is 22.5 Å². The quantitative estimate of drug-likeness (QED) is 0.424. The normalized spacial score (nSPS) is 14.8. The van der Waals surface area contributed by atoms with E-state index in [9.17, 15) is 14.9 Å². The molecule has 1 unspecified atom stereocenters. The molecule has 142 valence electrons. The molecule has 2 heterocycles. The van der Waals surface area contributed by atoms with Crippen molar-refractivity contribution in [3.63, 3.8) is 0 Å². The summed E-state index contributed by atoms with van der Waals surface area (Å²) in [6.07, 6.45) is 7.07. The van der Waals surface area contributed by atoms with Crippen molar-refractivity contribution in [2.24, 2.45) is 10.7 Å². The van der Waals surface area contributed by atoms with E-state index in [1.807, 2.05) is 0 Å². The van der Waals surface area contributed by atoms with Gasteiger partial charge >= 0.3 is 0 Å². The molecular weight excluding hydrogens is 370 g/mol. The fourth-order valence-electron chi connectivity index (χ4n) is 3.54. The Morgan fingerprint density at radius 3 is 2.72 bits per heavy atom. The number of nitrogens with two attached hydrogens (primary N) is 1. The third-order valence-corrected chi connectivity index (χ3v) is 4.79. The van der Waals surface area contributed by atoms with E-state index in [0.29, 0.717) is 33.8 Å². The standard InChI is InChI=1S/C21H15N5O3/c1-3-13-8-9-16-15(10-13)18(14-6-4-5-7-17(14)26(28)29)24-12(2)20-19(21(22)27)23-11-25(16)20/h1,4-12H,2H3,(H2,22,27). The first-order valence-electron chi connectivity index (χ1n) is 8.72. The van der Waals surface area contributed by atoms with Gasteiger partial charge in [-0.05, 0) is 31.2 Å². The zero-order valence-corrected chi connectivity index (χ0v) is 15.4. The lowest BCUT2D eigenvalue weighted by atomic mass is 9.97. The van der Waals surface area contributed by atoms with E-state index in [1.54, 1.807) is 47.9 Å². The monoisotopic (exact) mass is 385 g/mol. The Morgan fingerprint density at radius 1 is 1.28 bits per heavy atom. The van der Waals surface area contributed by atoms with Gasteiger partial charge in [-0.1, -0.05) is 18.1 Å². The van der Waals surface area contributed by atoms with Crippen molar-refractivity contribution in [2.45, 2.75) is 13.0 Å². The molecule has 1 atom stereocenters. The van der Waals surface area contributed by atoms with Crippen LogP contribution in [0.25, 0.3) is 5.69 Å². The second-order valence-corrected chi connectivity index (χ2v) is 6.52. The summed E-state index contributed by atoms with van der Waals surface area (Å²) in [6, 6.07) is 11.1. The minimum Gasteiger partial charge on any atom is -0.364 e. The highest BCUT2D eigenvalue weighted by Crippen LogP contribution is 2.34. The van der Waals surface area contributed by atoms with Gasteiger partial charge in [0.1, 0.15) is 6.33 Å². The molecule has 0 saturated heterocycles. The highest BCUT2D eigenvalue weighted by Gasteiger charge is 2.30.